The molecule has 0 saturated heterocycles. The van der Waals surface area contributed by atoms with Crippen LogP contribution in [0.15, 0.2) is 59.6 Å². The molecule has 0 unspecified atom stereocenters. The van der Waals surface area contributed by atoms with Crippen molar-refractivity contribution in [3.05, 3.63) is 65.2 Å². The van der Waals surface area contributed by atoms with E-state index in [-0.39, 0.29) is 12.4 Å². The van der Waals surface area contributed by atoms with E-state index >= 15 is 0 Å². The quantitative estimate of drug-likeness (QED) is 0.692. The van der Waals surface area contributed by atoms with Crippen molar-refractivity contribution in [2.45, 2.75) is 10.8 Å². The van der Waals surface area contributed by atoms with Gasteiger partial charge in [0.15, 0.2) is 0 Å². The van der Waals surface area contributed by atoms with Crippen molar-refractivity contribution >= 4 is 35.8 Å². The Morgan fingerprint density at radius 3 is 2.57 bits per heavy atom. The van der Waals surface area contributed by atoms with Crippen LogP contribution in [0.1, 0.15) is 5.56 Å². The number of aromatic amines is 1. The predicted molar refractivity (Wildman–Crippen MR) is 90.1 cm³/mol. The van der Waals surface area contributed by atoms with Gasteiger partial charge in [0, 0.05) is 16.3 Å². The summed E-state index contributed by atoms with van der Waals surface area (Å²) in [5.41, 5.74) is 3.08. The van der Waals surface area contributed by atoms with E-state index in [4.69, 9.17) is 11.6 Å². The molecule has 0 aliphatic heterocycles. The Kier molecular flexibility index (Phi) is 5.67. The topological polar surface area (TPSA) is 41.6 Å². The molecule has 0 spiro atoms. The zero-order valence-corrected chi connectivity index (χ0v) is 13.4. The van der Waals surface area contributed by atoms with Crippen LogP contribution in [0.2, 0.25) is 5.02 Å². The maximum Gasteiger partial charge on any atom is 0.147 e. The van der Waals surface area contributed by atoms with Gasteiger partial charge >= 0.3 is 0 Å². The van der Waals surface area contributed by atoms with Crippen LogP contribution in [-0.4, -0.2) is 15.4 Å². The number of H-pyrrole nitrogens is 1. The molecule has 1 heterocycles. The summed E-state index contributed by atoms with van der Waals surface area (Å²) >= 11 is 7.68. The Hall–Kier alpha value is -1.49. The lowest BCUT2D eigenvalue weighted by molar-refractivity contribution is 0.911. The van der Waals surface area contributed by atoms with Crippen molar-refractivity contribution in [1.82, 2.24) is 15.4 Å². The van der Waals surface area contributed by atoms with Gasteiger partial charge in [-0.2, -0.15) is 10.3 Å². The third kappa shape index (κ3) is 4.00. The zero-order chi connectivity index (χ0) is 13.8. The maximum absolute atomic E-state index is 6.02. The molecule has 3 nitrogen and oxygen atoms in total. The van der Waals surface area contributed by atoms with Gasteiger partial charge in [-0.05, 0) is 17.7 Å². The minimum Gasteiger partial charge on any atom is -0.196 e. The van der Waals surface area contributed by atoms with Gasteiger partial charge < -0.3 is 0 Å². The molecule has 0 bridgehead atoms. The second-order valence-corrected chi connectivity index (χ2v) is 5.66. The molecule has 21 heavy (non-hydrogen) atoms. The highest BCUT2D eigenvalue weighted by Gasteiger charge is 2.11. The van der Waals surface area contributed by atoms with E-state index in [0.717, 1.165) is 22.0 Å². The first-order chi connectivity index (χ1) is 9.83. The van der Waals surface area contributed by atoms with Gasteiger partial charge in [-0.25, -0.2) is 0 Å². The predicted octanol–water partition coefficient (Wildman–Crippen LogP) is 4.84. The highest BCUT2D eigenvalue weighted by Crippen LogP contribution is 2.30. The molecule has 1 aromatic heterocycles. The maximum atomic E-state index is 6.02. The molecule has 0 fully saturated rings. The summed E-state index contributed by atoms with van der Waals surface area (Å²) in [5.74, 6) is 0.862. The van der Waals surface area contributed by atoms with Crippen molar-refractivity contribution in [2.24, 2.45) is 0 Å². The number of hydrogen-bond donors (Lipinski definition) is 1. The Bertz CT molecular complexity index is 701. The van der Waals surface area contributed by atoms with Gasteiger partial charge in [0.25, 0.3) is 0 Å². The molecule has 0 aliphatic carbocycles. The summed E-state index contributed by atoms with van der Waals surface area (Å²) in [7, 11) is 0. The fraction of sp³-hybridized carbons (Fsp3) is 0.0667. The van der Waals surface area contributed by atoms with Gasteiger partial charge in [-0.15, -0.1) is 17.5 Å². The fourth-order valence-corrected chi connectivity index (χ4v) is 2.96. The largest absolute Gasteiger partial charge is 0.196 e. The van der Waals surface area contributed by atoms with E-state index in [0.29, 0.717) is 5.02 Å². The Morgan fingerprint density at radius 1 is 1.00 bits per heavy atom. The van der Waals surface area contributed by atoms with Crippen LogP contribution in [0, 0.1) is 0 Å². The molecule has 6 heteroatoms. The lowest BCUT2D eigenvalue weighted by atomic mass is 10.2. The van der Waals surface area contributed by atoms with Gasteiger partial charge in [0.2, 0.25) is 0 Å². The summed E-state index contributed by atoms with van der Waals surface area (Å²) in [6.07, 6.45) is 0. The Labute approximate surface area is 138 Å². The van der Waals surface area contributed by atoms with Crippen molar-refractivity contribution < 1.29 is 0 Å². The summed E-state index contributed by atoms with van der Waals surface area (Å²) in [5, 5.41) is 12.7. The highest BCUT2D eigenvalue weighted by atomic mass is 35.5. The second-order valence-electron chi connectivity index (χ2n) is 4.26. The molecule has 0 aliphatic rings. The van der Waals surface area contributed by atoms with Gasteiger partial charge in [0.1, 0.15) is 10.7 Å². The van der Waals surface area contributed by atoms with Crippen LogP contribution in [0.3, 0.4) is 0 Å². The molecule has 3 aromatic rings. The van der Waals surface area contributed by atoms with Crippen molar-refractivity contribution in [3.63, 3.8) is 0 Å². The minimum atomic E-state index is 0. The van der Waals surface area contributed by atoms with E-state index in [1.54, 1.807) is 11.8 Å². The number of halogens is 2. The first kappa shape index (κ1) is 15.9. The normalized spacial score (nSPS) is 10.1. The van der Waals surface area contributed by atoms with Crippen LogP contribution < -0.4 is 0 Å². The summed E-state index contributed by atoms with van der Waals surface area (Å²) in [6.45, 7) is 0. The standard InChI is InChI=1S/C15H12ClN3S.ClH/c16-13-8-4-7-12(9-13)14-15(18-19-17-14)20-10-11-5-2-1-3-6-11;/h1-9H,10H2,(H,17,18,19);1H. The molecule has 2 aromatic carbocycles. The smallest absolute Gasteiger partial charge is 0.147 e. The first-order valence-corrected chi connectivity index (χ1v) is 7.53. The average molecular weight is 338 g/mol. The van der Waals surface area contributed by atoms with Crippen LogP contribution >= 0.6 is 35.8 Å². The van der Waals surface area contributed by atoms with E-state index in [9.17, 15) is 0 Å². The van der Waals surface area contributed by atoms with Crippen LogP contribution in [0.4, 0.5) is 0 Å². The molecule has 3 rings (SSSR count). The van der Waals surface area contributed by atoms with Gasteiger partial charge in [-0.1, -0.05) is 65.8 Å². The molecule has 0 atom stereocenters. The Morgan fingerprint density at radius 2 is 1.81 bits per heavy atom. The fourth-order valence-electron chi connectivity index (χ4n) is 1.87. The molecular weight excluding hydrogens is 325 g/mol. The number of nitrogens with one attached hydrogen (secondary N) is 1. The average Bonchev–Trinajstić information content (AvgIpc) is 2.95. The molecule has 108 valence electrons. The Balaban J connectivity index is 0.00000161. The minimum absolute atomic E-state index is 0. The molecule has 0 saturated carbocycles. The van der Waals surface area contributed by atoms with E-state index in [2.05, 4.69) is 27.5 Å². The number of hydrogen-bond acceptors (Lipinski definition) is 3. The summed E-state index contributed by atoms with van der Waals surface area (Å²) in [4.78, 5) is 0. The lowest BCUT2D eigenvalue weighted by Crippen LogP contribution is -1.83. The summed E-state index contributed by atoms with van der Waals surface area (Å²) in [6, 6.07) is 17.9. The van der Waals surface area contributed by atoms with Crippen LogP contribution in [0.5, 0.6) is 0 Å². The zero-order valence-electron chi connectivity index (χ0n) is 11.0. The first-order valence-electron chi connectivity index (χ1n) is 6.16. The molecule has 0 amide bonds. The third-order valence-corrected chi connectivity index (χ3v) is 4.10. The van der Waals surface area contributed by atoms with Crippen molar-refractivity contribution in [1.29, 1.82) is 0 Å². The number of thioether (sulfide) groups is 1. The third-order valence-electron chi connectivity index (χ3n) is 2.83. The summed E-state index contributed by atoms with van der Waals surface area (Å²) < 4.78 is 0. The lowest BCUT2D eigenvalue weighted by Gasteiger charge is -2.02. The van der Waals surface area contributed by atoms with Crippen molar-refractivity contribution in [3.8, 4) is 11.3 Å². The number of aromatic nitrogens is 3. The van der Waals surface area contributed by atoms with E-state index < -0.39 is 0 Å². The van der Waals surface area contributed by atoms with Gasteiger partial charge in [0.05, 0.1) is 0 Å². The van der Waals surface area contributed by atoms with Crippen LogP contribution in [0.25, 0.3) is 11.3 Å². The van der Waals surface area contributed by atoms with Crippen LogP contribution in [-0.2, 0) is 5.75 Å². The molecule has 1 N–H and O–H groups in total. The molecular formula is C15H13Cl2N3S. The SMILES string of the molecule is Cl.Clc1cccc(-c2n[nH]nc2SCc2ccccc2)c1. The number of nitrogens with zero attached hydrogens (tertiary/aromatic N) is 2. The van der Waals surface area contributed by atoms with Gasteiger partial charge in [-0.3, -0.25) is 0 Å². The second kappa shape index (κ2) is 7.50. The van der Waals surface area contributed by atoms with E-state index in [1.807, 2.05) is 42.5 Å². The number of benzene rings is 2. The monoisotopic (exact) mass is 337 g/mol. The highest BCUT2D eigenvalue weighted by molar-refractivity contribution is 7.98. The van der Waals surface area contributed by atoms with Crippen molar-refractivity contribution in [2.75, 3.05) is 0 Å². The van der Waals surface area contributed by atoms with E-state index in [1.165, 1.54) is 5.56 Å². The number of rotatable bonds is 4. The molecule has 0 radical (unpaired) electrons.